The maximum atomic E-state index is 15.3. The van der Waals surface area contributed by atoms with Gasteiger partial charge in [-0.2, -0.15) is 21.6 Å². The minimum Gasteiger partial charge on any atom is -0.497 e. The number of nitrogens with one attached hydrogen (secondary N) is 1. The lowest BCUT2D eigenvalue weighted by Gasteiger charge is -2.41. The van der Waals surface area contributed by atoms with E-state index in [2.05, 4.69) is 5.32 Å². The molecule has 18 heteroatoms. The highest BCUT2D eigenvalue weighted by molar-refractivity contribution is 7.87. The van der Waals surface area contributed by atoms with Crippen molar-refractivity contribution in [2.75, 3.05) is 33.3 Å². The lowest BCUT2D eigenvalue weighted by Crippen LogP contribution is -2.48. The molecule has 0 bridgehead atoms. The van der Waals surface area contributed by atoms with Crippen LogP contribution in [0.2, 0.25) is 0 Å². The standard InChI is InChI=1S/C71H60F3N5O9S/c1-82-58-40-34-51(35-41-58)68(49-22-10-4-11-23-49,50-24-12-5-13-25-50)78-65-62-66(76-47-75-65)79(48-77-62)67-64(88-89(80,81)71(72,73)74)63(87-70(54-30-18-8-19-31-54,55-32-20-9-21-33-55)57-38-44-60(84-3)45-39-57)61(86-67)46-85-69(52-26-14-6-15-27-52,53-28-16-7-17-29-53)56-36-42-59(83-2)43-37-56/h4-45,47-48,61,63-64,67H,46H2,1-3H3,(H,75,76,78)/t61-,63-,64-,67-/m1/s1. The second kappa shape index (κ2) is 25.2. The predicted molar refractivity (Wildman–Crippen MR) is 331 cm³/mol. The van der Waals surface area contributed by atoms with E-state index in [0.29, 0.717) is 50.6 Å². The van der Waals surface area contributed by atoms with E-state index in [0.717, 1.165) is 16.7 Å². The quantitative estimate of drug-likeness (QED) is 0.0389. The molecule has 11 aromatic rings. The number of anilines is 1. The molecule has 0 amide bonds. The van der Waals surface area contributed by atoms with Crippen molar-refractivity contribution in [3.63, 3.8) is 0 Å². The zero-order valence-electron chi connectivity index (χ0n) is 48.4. The third-order valence-corrected chi connectivity index (χ3v) is 17.2. The van der Waals surface area contributed by atoms with Crippen LogP contribution in [0.5, 0.6) is 17.2 Å². The van der Waals surface area contributed by atoms with Gasteiger partial charge in [0.15, 0.2) is 29.3 Å². The summed E-state index contributed by atoms with van der Waals surface area (Å²) in [4.78, 5) is 14.4. The fourth-order valence-corrected chi connectivity index (χ4v) is 12.6. The van der Waals surface area contributed by atoms with E-state index in [1.807, 2.05) is 194 Å². The van der Waals surface area contributed by atoms with Crippen molar-refractivity contribution in [1.29, 1.82) is 0 Å². The summed E-state index contributed by atoms with van der Waals surface area (Å²) in [5.41, 5.74) is -4.27. The van der Waals surface area contributed by atoms with Crippen LogP contribution in [0.25, 0.3) is 11.2 Å². The number of benzene rings is 9. The molecule has 1 fully saturated rings. The first kappa shape index (κ1) is 59.6. The molecule has 1 aliphatic rings. The zero-order chi connectivity index (χ0) is 61.6. The van der Waals surface area contributed by atoms with Crippen LogP contribution in [0.1, 0.15) is 56.3 Å². The lowest BCUT2D eigenvalue weighted by molar-refractivity contribution is -0.131. The monoisotopic (exact) mass is 1220 g/mol. The van der Waals surface area contributed by atoms with Crippen LogP contribution in [0.4, 0.5) is 19.0 Å². The fourth-order valence-electron chi connectivity index (χ4n) is 12.0. The second-order valence-electron chi connectivity index (χ2n) is 21.1. The van der Waals surface area contributed by atoms with E-state index >= 15 is 13.2 Å². The number of nitrogens with zero attached hydrogens (tertiary/aromatic N) is 4. The van der Waals surface area contributed by atoms with Gasteiger partial charge in [-0.15, -0.1) is 0 Å². The number of ether oxygens (including phenoxy) is 6. The highest BCUT2D eigenvalue weighted by atomic mass is 32.2. The Hall–Kier alpha value is -9.69. The molecule has 14 nitrogen and oxygen atoms in total. The van der Waals surface area contributed by atoms with Crippen LogP contribution in [-0.2, 0) is 45.3 Å². The van der Waals surface area contributed by atoms with Gasteiger partial charge in [0.1, 0.15) is 52.5 Å². The number of imidazole rings is 1. The molecular formula is C71H60F3N5O9S. The van der Waals surface area contributed by atoms with Gasteiger partial charge in [-0.25, -0.2) is 15.0 Å². The lowest BCUT2D eigenvalue weighted by atomic mass is 9.77. The molecular weight excluding hydrogens is 1160 g/mol. The van der Waals surface area contributed by atoms with Crippen LogP contribution in [-0.4, -0.2) is 79.7 Å². The van der Waals surface area contributed by atoms with Gasteiger partial charge in [0.2, 0.25) is 0 Å². The first-order valence-electron chi connectivity index (χ1n) is 28.5. The third kappa shape index (κ3) is 11.3. The van der Waals surface area contributed by atoms with E-state index in [9.17, 15) is 8.42 Å². The average Bonchev–Trinajstić information content (AvgIpc) is 1.81. The molecule has 0 saturated carbocycles. The summed E-state index contributed by atoms with van der Waals surface area (Å²) < 4.78 is 120. The molecule has 89 heavy (non-hydrogen) atoms. The summed E-state index contributed by atoms with van der Waals surface area (Å²) in [5, 5.41) is 3.75. The number of rotatable bonds is 22. The Labute approximate surface area is 513 Å². The van der Waals surface area contributed by atoms with Crippen LogP contribution < -0.4 is 19.5 Å². The number of methoxy groups -OCH3 is 3. The zero-order valence-corrected chi connectivity index (χ0v) is 49.2. The number of hydrogen-bond donors (Lipinski definition) is 1. The largest absolute Gasteiger partial charge is 0.523 e. The normalized spacial score (nSPS) is 16.4. The van der Waals surface area contributed by atoms with Gasteiger partial charge in [0, 0.05) is 0 Å². The summed E-state index contributed by atoms with van der Waals surface area (Å²) in [6.07, 6.45) is -4.66. The Morgan fingerprint density at radius 1 is 0.472 bits per heavy atom. The number of fused-ring (bicyclic) bond motifs is 1. The third-order valence-electron chi connectivity index (χ3n) is 16.2. The van der Waals surface area contributed by atoms with Crippen LogP contribution in [0.3, 0.4) is 0 Å². The first-order chi connectivity index (χ1) is 43.3. The molecule has 0 aliphatic carbocycles. The average molecular weight is 1220 g/mol. The topological polar surface area (TPSA) is 154 Å². The van der Waals surface area contributed by atoms with Crippen molar-refractivity contribution in [3.8, 4) is 17.2 Å². The Morgan fingerprint density at radius 2 is 0.843 bits per heavy atom. The highest BCUT2D eigenvalue weighted by Crippen LogP contribution is 2.50. The van der Waals surface area contributed by atoms with Crippen molar-refractivity contribution in [2.24, 2.45) is 0 Å². The predicted octanol–water partition coefficient (Wildman–Crippen LogP) is 13.8. The van der Waals surface area contributed by atoms with Crippen molar-refractivity contribution < 1.29 is 54.2 Å². The Bertz CT molecular complexity index is 4120. The number of hydrogen-bond acceptors (Lipinski definition) is 13. The molecule has 450 valence electrons. The number of halogens is 3. The van der Waals surface area contributed by atoms with Crippen molar-refractivity contribution in [2.45, 2.75) is 46.8 Å². The maximum absolute atomic E-state index is 15.3. The molecule has 0 spiro atoms. The number of aromatic nitrogens is 4. The maximum Gasteiger partial charge on any atom is 0.523 e. The molecule has 4 atom stereocenters. The van der Waals surface area contributed by atoms with Gasteiger partial charge in [0.05, 0.1) is 34.3 Å². The van der Waals surface area contributed by atoms with E-state index in [-0.39, 0.29) is 17.0 Å². The molecule has 1 saturated heterocycles. The van der Waals surface area contributed by atoms with Gasteiger partial charge < -0.3 is 33.7 Å². The van der Waals surface area contributed by atoms with Crippen molar-refractivity contribution in [3.05, 3.63) is 318 Å². The van der Waals surface area contributed by atoms with E-state index in [1.165, 1.54) is 24.3 Å². The van der Waals surface area contributed by atoms with Gasteiger partial charge >= 0.3 is 15.6 Å². The van der Waals surface area contributed by atoms with Gasteiger partial charge in [-0.05, 0) is 86.5 Å². The molecule has 0 radical (unpaired) electrons. The van der Waals surface area contributed by atoms with Gasteiger partial charge in [-0.3, -0.25) is 8.75 Å². The van der Waals surface area contributed by atoms with E-state index < -0.39 is 63.5 Å². The molecule has 1 aliphatic heterocycles. The Morgan fingerprint density at radius 3 is 1.26 bits per heavy atom. The fraction of sp³-hybridized carbons (Fsp3) is 0.169. The van der Waals surface area contributed by atoms with E-state index in [4.69, 9.17) is 47.6 Å². The first-order valence-corrected chi connectivity index (χ1v) is 29.9. The SMILES string of the molecule is COc1ccc(C(Nc2ncnc3c2ncn3[C@@H]2O[C@H](COC(c3ccccc3)(c3ccccc3)c3ccc(OC)cc3)[C@@H](OC(c3ccccc3)(c3ccccc3)c3ccc(OC)cc3)[C@H]2OS(=O)(=O)C(F)(F)F)(c2ccccc2)c2ccccc2)cc1. The smallest absolute Gasteiger partial charge is 0.497 e. The van der Waals surface area contributed by atoms with Crippen LogP contribution in [0, 0.1) is 0 Å². The minimum absolute atomic E-state index is 0.0317. The Kier molecular flexibility index (Phi) is 16.9. The second-order valence-corrected chi connectivity index (χ2v) is 22.6. The van der Waals surface area contributed by atoms with Crippen molar-refractivity contribution >= 4 is 27.1 Å². The summed E-state index contributed by atoms with van der Waals surface area (Å²) in [6, 6.07) is 78.5. The van der Waals surface area contributed by atoms with E-state index in [1.54, 1.807) is 74.9 Å². The summed E-state index contributed by atoms with van der Waals surface area (Å²) in [5.74, 6) is 1.90. The molecule has 12 rings (SSSR count). The van der Waals surface area contributed by atoms with Crippen molar-refractivity contribution in [1.82, 2.24) is 19.5 Å². The molecule has 1 N–H and O–H groups in total. The van der Waals surface area contributed by atoms with Gasteiger partial charge in [-0.1, -0.05) is 218 Å². The summed E-state index contributed by atoms with van der Waals surface area (Å²) >= 11 is 0. The summed E-state index contributed by atoms with van der Waals surface area (Å²) in [6.45, 7) is -0.474. The van der Waals surface area contributed by atoms with Gasteiger partial charge in [0.25, 0.3) is 0 Å². The molecule has 3 heterocycles. The molecule has 0 unspecified atom stereocenters. The Balaban J connectivity index is 1.08. The van der Waals surface area contributed by atoms with Crippen LogP contribution in [0.15, 0.2) is 267 Å². The van der Waals surface area contributed by atoms with Crippen LogP contribution >= 0.6 is 0 Å². The molecule has 9 aromatic carbocycles. The minimum atomic E-state index is -6.50. The molecule has 2 aromatic heterocycles. The summed E-state index contributed by atoms with van der Waals surface area (Å²) in [7, 11) is -1.82. The highest BCUT2D eigenvalue weighted by Gasteiger charge is 2.59. The number of alkyl halides is 3.